The van der Waals surface area contributed by atoms with Gasteiger partial charge in [-0.3, -0.25) is 9.48 Å². The van der Waals surface area contributed by atoms with Gasteiger partial charge in [0.1, 0.15) is 12.4 Å². The Morgan fingerprint density at radius 2 is 2.21 bits per heavy atom. The predicted octanol–water partition coefficient (Wildman–Crippen LogP) is 1.36. The average Bonchev–Trinajstić information content (AvgIpc) is 2.80. The molecule has 1 heterocycles. The van der Waals surface area contributed by atoms with Gasteiger partial charge in [0, 0.05) is 37.1 Å². The number of rotatable bonds is 3. The number of nitrogen functional groups attached to an aromatic ring is 1. The summed E-state index contributed by atoms with van der Waals surface area (Å²) in [6, 6.07) is 4.16. The summed E-state index contributed by atoms with van der Waals surface area (Å²) < 4.78 is 14.7. The highest BCUT2D eigenvalue weighted by Gasteiger charge is 2.10. The lowest BCUT2D eigenvalue weighted by molar-refractivity contribution is -0.129. The van der Waals surface area contributed by atoms with Crippen LogP contribution in [-0.4, -0.2) is 34.7 Å². The number of nitrogens with zero attached hydrogens (tertiary/aromatic N) is 3. The van der Waals surface area contributed by atoms with Crippen LogP contribution in [0.5, 0.6) is 0 Å². The molecule has 0 unspecified atom stereocenters. The number of carbonyl (C=O) groups excluding carboxylic acids is 1. The fraction of sp³-hybridized carbons (Fsp3) is 0.231. The van der Waals surface area contributed by atoms with Crippen LogP contribution in [0.25, 0.3) is 11.1 Å². The Labute approximate surface area is 110 Å². The Balaban J connectivity index is 2.26. The third kappa shape index (κ3) is 2.90. The number of amides is 1. The van der Waals surface area contributed by atoms with Crippen LogP contribution in [0.3, 0.4) is 0 Å². The molecule has 100 valence electrons. The monoisotopic (exact) mass is 262 g/mol. The van der Waals surface area contributed by atoms with E-state index < -0.39 is 0 Å². The maximum Gasteiger partial charge on any atom is 0.243 e. The third-order valence-electron chi connectivity index (χ3n) is 2.76. The minimum Gasteiger partial charge on any atom is -0.398 e. The third-order valence-corrected chi connectivity index (χ3v) is 2.76. The highest BCUT2D eigenvalue weighted by atomic mass is 19.1. The first kappa shape index (κ1) is 13.1. The van der Waals surface area contributed by atoms with E-state index in [2.05, 4.69) is 5.10 Å². The number of hydrogen-bond donors (Lipinski definition) is 1. The summed E-state index contributed by atoms with van der Waals surface area (Å²) in [5, 5.41) is 4.08. The molecule has 1 amide bonds. The van der Waals surface area contributed by atoms with Gasteiger partial charge in [-0.05, 0) is 18.2 Å². The molecule has 19 heavy (non-hydrogen) atoms. The minimum atomic E-state index is -0.360. The van der Waals surface area contributed by atoms with Gasteiger partial charge in [0.25, 0.3) is 0 Å². The summed E-state index contributed by atoms with van der Waals surface area (Å²) in [6.45, 7) is 0.141. The standard InChI is InChI=1S/C13H15FN4O/c1-17(2)13(19)8-18-7-9(6-16-18)11-5-10(14)3-4-12(11)15/h3-7H,8,15H2,1-2H3. The van der Waals surface area contributed by atoms with E-state index in [1.54, 1.807) is 26.5 Å². The van der Waals surface area contributed by atoms with Crippen molar-refractivity contribution in [3.05, 3.63) is 36.4 Å². The molecule has 0 aliphatic heterocycles. The molecule has 0 saturated heterocycles. The van der Waals surface area contributed by atoms with Crippen LogP contribution in [0.1, 0.15) is 0 Å². The molecule has 6 heteroatoms. The Bertz CT molecular complexity index is 606. The van der Waals surface area contributed by atoms with E-state index in [0.717, 1.165) is 0 Å². The summed E-state index contributed by atoms with van der Waals surface area (Å²) in [5.74, 6) is -0.428. The van der Waals surface area contributed by atoms with Gasteiger partial charge in [0.05, 0.1) is 6.20 Å². The molecule has 0 saturated carbocycles. The van der Waals surface area contributed by atoms with Crippen molar-refractivity contribution in [2.45, 2.75) is 6.54 Å². The summed E-state index contributed by atoms with van der Waals surface area (Å²) in [6.07, 6.45) is 3.24. The Morgan fingerprint density at radius 3 is 2.89 bits per heavy atom. The second kappa shape index (κ2) is 5.09. The summed E-state index contributed by atoms with van der Waals surface area (Å²) in [5.41, 5.74) is 7.53. The molecule has 0 aliphatic carbocycles. The van der Waals surface area contributed by atoms with Gasteiger partial charge in [-0.1, -0.05) is 0 Å². The molecule has 1 aromatic heterocycles. The van der Waals surface area contributed by atoms with Gasteiger partial charge in [-0.15, -0.1) is 0 Å². The molecule has 0 spiro atoms. The number of anilines is 1. The van der Waals surface area contributed by atoms with Crippen molar-refractivity contribution in [2.75, 3.05) is 19.8 Å². The molecule has 0 bridgehead atoms. The van der Waals surface area contributed by atoms with E-state index in [1.807, 2.05) is 0 Å². The van der Waals surface area contributed by atoms with Crippen LogP contribution in [0.2, 0.25) is 0 Å². The SMILES string of the molecule is CN(C)C(=O)Cn1cc(-c2cc(F)ccc2N)cn1. The number of halogens is 1. The summed E-state index contributed by atoms with van der Waals surface area (Å²) in [7, 11) is 3.36. The van der Waals surface area contributed by atoms with Crippen molar-refractivity contribution in [3.8, 4) is 11.1 Å². The van der Waals surface area contributed by atoms with Gasteiger partial charge >= 0.3 is 0 Å². The van der Waals surface area contributed by atoms with E-state index in [4.69, 9.17) is 5.73 Å². The van der Waals surface area contributed by atoms with Crippen molar-refractivity contribution in [1.82, 2.24) is 14.7 Å². The molecule has 0 aliphatic rings. The van der Waals surface area contributed by atoms with Crippen LogP contribution in [0.4, 0.5) is 10.1 Å². The minimum absolute atomic E-state index is 0.0677. The molecular weight excluding hydrogens is 247 g/mol. The number of aromatic nitrogens is 2. The summed E-state index contributed by atoms with van der Waals surface area (Å²) >= 11 is 0. The van der Waals surface area contributed by atoms with Gasteiger partial charge in [-0.2, -0.15) is 5.10 Å². The van der Waals surface area contributed by atoms with Crippen molar-refractivity contribution >= 4 is 11.6 Å². The predicted molar refractivity (Wildman–Crippen MR) is 70.7 cm³/mol. The smallest absolute Gasteiger partial charge is 0.243 e. The van der Waals surface area contributed by atoms with E-state index >= 15 is 0 Å². The van der Waals surface area contributed by atoms with Crippen molar-refractivity contribution < 1.29 is 9.18 Å². The number of hydrogen-bond acceptors (Lipinski definition) is 3. The first-order valence-electron chi connectivity index (χ1n) is 5.75. The first-order valence-corrected chi connectivity index (χ1v) is 5.75. The molecule has 5 nitrogen and oxygen atoms in total. The van der Waals surface area contributed by atoms with Crippen molar-refractivity contribution in [1.29, 1.82) is 0 Å². The van der Waals surface area contributed by atoms with Crippen LogP contribution in [0.15, 0.2) is 30.6 Å². The van der Waals surface area contributed by atoms with Crippen LogP contribution >= 0.6 is 0 Å². The Morgan fingerprint density at radius 1 is 1.47 bits per heavy atom. The zero-order valence-electron chi connectivity index (χ0n) is 10.8. The largest absolute Gasteiger partial charge is 0.398 e. The van der Waals surface area contributed by atoms with Gasteiger partial charge in [-0.25, -0.2) is 4.39 Å². The quantitative estimate of drug-likeness (QED) is 0.849. The molecule has 2 rings (SSSR count). The van der Waals surface area contributed by atoms with E-state index in [-0.39, 0.29) is 18.3 Å². The molecule has 2 N–H and O–H groups in total. The Kier molecular flexibility index (Phi) is 3.50. The number of nitrogens with two attached hydrogens (primary N) is 1. The second-order valence-corrected chi connectivity index (χ2v) is 4.45. The lowest BCUT2D eigenvalue weighted by Gasteiger charge is -2.09. The zero-order chi connectivity index (χ0) is 14.0. The number of benzene rings is 1. The lowest BCUT2D eigenvalue weighted by Crippen LogP contribution is -2.26. The maximum absolute atomic E-state index is 13.2. The van der Waals surface area contributed by atoms with Crippen molar-refractivity contribution in [3.63, 3.8) is 0 Å². The van der Waals surface area contributed by atoms with Crippen LogP contribution < -0.4 is 5.73 Å². The highest BCUT2D eigenvalue weighted by Crippen LogP contribution is 2.26. The van der Waals surface area contributed by atoms with Crippen LogP contribution in [-0.2, 0) is 11.3 Å². The Hall–Kier alpha value is -2.37. The maximum atomic E-state index is 13.2. The fourth-order valence-electron chi connectivity index (χ4n) is 1.65. The second-order valence-electron chi connectivity index (χ2n) is 4.45. The molecule has 0 atom stereocenters. The summed E-state index contributed by atoms with van der Waals surface area (Å²) in [4.78, 5) is 13.0. The van der Waals surface area contributed by atoms with E-state index in [1.165, 1.54) is 27.8 Å². The van der Waals surface area contributed by atoms with E-state index in [0.29, 0.717) is 16.8 Å². The molecule has 1 aromatic carbocycles. The topological polar surface area (TPSA) is 64.2 Å². The van der Waals surface area contributed by atoms with Crippen molar-refractivity contribution in [2.24, 2.45) is 0 Å². The molecule has 0 fully saturated rings. The number of carbonyl (C=O) groups is 1. The van der Waals surface area contributed by atoms with Gasteiger partial charge in [0.2, 0.25) is 5.91 Å². The average molecular weight is 262 g/mol. The lowest BCUT2D eigenvalue weighted by atomic mass is 10.1. The molecular formula is C13H15FN4O. The van der Waals surface area contributed by atoms with Crippen LogP contribution in [0, 0.1) is 5.82 Å². The highest BCUT2D eigenvalue weighted by molar-refractivity contribution is 5.77. The fourth-order valence-corrected chi connectivity index (χ4v) is 1.65. The molecule has 2 aromatic rings. The molecule has 0 radical (unpaired) electrons. The normalized spacial score (nSPS) is 10.5. The first-order chi connectivity index (χ1) is 8.97. The zero-order valence-corrected chi connectivity index (χ0v) is 10.8. The van der Waals surface area contributed by atoms with Gasteiger partial charge < -0.3 is 10.6 Å². The number of likely N-dealkylation sites (N-methyl/N-ethyl adjacent to an activating group) is 1. The van der Waals surface area contributed by atoms with E-state index in [9.17, 15) is 9.18 Å². The van der Waals surface area contributed by atoms with Gasteiger partial charge in [0.15, 0.2) is 0 Å².